The molecule has 0 saturated heterocycles. The normalized spacial score (nSPS) is 20.2. The van der Waals surface area contributed by atoms with Gasteiger partial charge in [-0.3, -0.25) is 4.79 Å². The number of aliphatic hydroxyl groups is 1. The fraction of sp³-hybridized carbons (Fsp3) is 0.562. The van der Waals surface area contributed by atoms with Crippen molar-refractivity contribution in [3.8, 4) is 0 Å². The van der Waals surface area contributed by atoms with E-state index in [1.165, 1.54) is 0 Å². The molecule has 0 bridgehead atoms. The number of benzene rings is 1. The Kier molecular flexibility index (Phi) is 4.04. The summed E-state index contributed by atoms with van der Waals surface area (Å²) >= 11 is 0. The molecule has 2 atom stereocenters. The predicted octanol–water partition coefficient (Wildman–Crippen LogP) is 2.23. The Labute approximate surface area is 120 Å². The van der Waals surface area contributed by atoms with E-state index >= 15 is 0 Å². The molecule has 4 nitrogen and oxygen atoms in total. The van der Waals surface area contributed by atoms with Crippen LogP contribution >= 0.6 is 0 Å². The van der Waals surface area contributed by atoms with Crippen LogP contribution in [0.15, 0.2) is 24.3 Å². The van der Waals surface area contributed by atoms with Gasteiger partial charge in [0.25, 0.3) is 0 Å². The van der Waals surface area contributed by atoms with E-state index in [0.29, 0.717) is 13.0 Å². The Morgan fingerprint density at radius 2 is 2.05 bits per heavy atom. The molecule has 1 aliphatic rings. The van der Waals surface area contributed by atoms with Crippen molar-refractivity contribution in [1.29, 1.82) is 0 Å². The monoisotopic (exact) mass is 276 g/mol. The first kappa shape index (κ1) is 14.9. The summed E-state index contributed by atoms with van der Waals surface area (Å²) < 4.78 is 0. The van der Waals surface area contributed by atoms with Crippen LogP contribution in [0, 0.1) is 0 Å². The zero-order valence-electron chi connectivity index (χ0n) is 12.7. The van der Waals surface area contributed by atoms with Gasteiger partial charge in [0.1, 0.15) is 6.04 Å². The molecule has 2 unspecified atom stereocenters. The number of rotatable bonds is 2. The molecule has 110 valence electrons. The molecule has 4 heteroatoms. The van der Waals surface area contributed by atoms with E-state index in [1.807, 2.05) is 52.0 Å². The first-order chi connectivity index (χ1) is 9.29. The Morgan fingerprint density at radius 3 is 2.70 bits per heavy atom. The summed E-state index contributed by atoms with van der Waals surface area (Å²) in [5, 5.41) is 13.1. The van der Waals surface area contributed by atoms with Crippen molar-refractivity contribution in [3.63, 3.8) is 0 Å². The molecule has 1 aromatic rings. The zero-order valence-corrected chi connectivity index (χ0v) is 12.7. The van der Waals surface area contributed by atoms with Gasteiger partial charge >= 0.3 is 0 Å². The highest BCUT2D eigenvalue weighted by atomic mass is 16.3. The number of hydrogen-bond donors (Lipinski definition) is 2. The second-order valence-corrected chi connectivity index (χ2v) is 6.47. The minimum atomic E-state index is -0.430. The van der Waals surface area contributed by atoms with Crippen LogP contribution in [0.4, 0.5) is 5.69 Å². The van der Waals surface area contributed by atoms with Crippen LogP contribution in [0.5, 0.6) is 0 Å². The number of carbonyl (C=O) groups excluding carboxylic acids is 1. The average Bonchev–Trinajstić information content (AvgIpc) is 2.37. The first-order valence-electron chi connectivity index (χ1n) is 7.15. The maximum Gasteiger partial charge on any atom is 0.242 e. The SMILES string of the molecule is CC(C(=O)NC(C)(C)C)N1CCC(O)c2ccccc21. The van der Waals surface area contributed by atoms with Gasteiger partial charge in [-0.05, 0) is 40.2 Å². The van der Waals surface area contributed by atoms with Crippen LogP contribution in [-0.4, -0.2) is 29.1 Å². The summed E-state index contributed by atoms with van der Waals surface area (Å²) in [5.74, 6) is 0.0173. The van der Waals surface area contributed by atoms with E-state index in [-0.39, 0.29) is 17.5 Å². The lowest BCUT2D eigenvalue weighted by molar-refractivity contribution is -0.123. The van der Waals surface area contributed by atoms with Crippen molar-refractivity contribution in [3.05, 3.63) is 29.8 Å². The number of fused-ring (bicyclic) bond motifs is 1. The quantitative estimate of drug-likeness (QED) is 0.871. The van der Waals surface area contributed by atoms with E-state index in [0.717, 1.165) is 11.3 Å². The standard InChI is InChI=1S/C16H24N2O2/c1-11(15(20)17-16(2,3)4)18-10-9-14(19)12-7-5-6-8-13(12)18/h5-8,11,14,19H,9-10H2,1-4H3,(H,17,20). The second kappa shape index (κ2) is 5.44. The van der Waals surface area contributed by atoms with E-state index < -0.39 is 6.10 Å². The third kappa shape index (κ3) is 3.12. The zero-order chi connectivity index (χ0) is 14.9. The molecule has 0 saturated carbocycles. The molecule has 0 aromatic heterocycles. The minimum absolute atomic E-state index is 0.0173. The van der Waals surface area contributed by atoms with Gasteiger partial charge in [0.15, 0.2) is 0 Å². The average molecular weight is 276 g/mol. The number of hydrogen-bond acceptors (Lipinski definition) is 3. The van der Waals surface area contributed by atoms with Crippen molar-refractivity contribution in [2.24, 2.45) is 0 Å². The van der Waals surface area contributed by atoms with Crippen molar-refractivity contribution >= 4 is 11.6 Å². The van der Waals surface area contributed by atoms with Crippen LogP contribution in [0.3, 0.4) is 0 Å². The molecule has 1 amide bonds. The maximum atomic E-state index is 12.3. The highest BCUT2D eigenvalue weighted by molar-refractivity contribution is 5.86. The third-order valence-electron chi connectivity index (χ3n) is 3.59. The maximum absolute atomic E-state index is 12.3. The summed E-state index contributed by atoms with van der Waals surface area (Å²) in [6.45, 7) is 8.54. The minimum Gasteiger partial charge on any atom is -0.388 e. The molecule has 0 aliphatic carbocycles. The number of amides is 1. The van der Waals surface area contributed by atoms with Gasteiger partial charge in [-0.2, -0.15) is 0 Å². The van der Waals surface area contributed by atoms with Crippen LogP contribution < -0.4 is 10.2 Å². The summed E-state index contributed by atoms with van der Waals surface area (Å²) in [6.07, 6.45) is 0.227. The summed E-state index contributed by atoms with van der Waals surface area (Å²) in [7, 11) is 0. The number of nitrogens with zero attached hydrogens (tertiary/aromatic N) is 1. The smallest absolute Gasteiger partial charge is 0.242 e. The van der Waals surface area contributed by atoms with Gasteiger partial charge < -0.3 is 15.3 Å². The van der Waals surface area contributed by atoms with Gasteiger partial charge in [-0.25, -0.2) is 0 Å². The number of aliphatic hydroxyl groups excluding tert-OH is 1. The van der Waals surface area contributed by atoms with Gasteiger partial charge in [0.05, 0.1) is 6.10 Å². The Balaban J connectivity index is 2.22. The summed E-state index contributed by atoms with van der Waals surface area (Å²) in [4.78, 5) is 14.4. The lowest BCUT2D eigenvalue weighted by atomic mass is 9.97. The lowest BCUT2D eigenvalue weighted by Crippen LogP contribution is -2.52. The second-order valence-electron chi connectivity index (χ2n) is 6.47. The van der Waals surface area contributed by atoms with Gasteiger partial charge in [0, 0.05) is 23.3 Å². The number of para-hydroxylation sites is 1. The van der Waals surface area contributed by atoms with Crippen molar-refractivity contribution in [1.82, 2.24) is 5.32 Å². The van der Waals surface area contributed by atoms with E-state index in [2.05, 4.69) is 10.2 Å². The third-order valence-corrected chi connectivity index (χ3v) is 3.59. The molecular formula is C16H24N2O2. The van der Waals surface area contributed by atoms with Gasteiger partial charge in [0.2, 0.25) is 5.91 Å². The largest absolute Gasteiger partial charge is 0.388 e. The fourth-order valence-electron chi connectivity index (χ4n) is 2.59. The highest BCUT2D eigenvalue weighted by Gasteiger charge is 2.30. The van der Waals surface area contributed by atoms with Crippen LogP contribution in [-0.2, 0) is 4.79 Å². The van der Waals surface area contributed by atoms with Crippen molar-refractivity contribution < 1.29 is 9.90 Å². The van der Waals surface area contributed by atoms with Crippen LogP contribution in [0.25, 0.3) is 0 Å². The van der Waals surface area contributed by atoms with Crippen LogP contribution in [0.1, 0.15) is 45.8 Å². The Morgan fingerprint density at radius 1 is 1.40 bits per heavy atom. The highest BCUT2D eigenvalue weighted by Crippen LogP contribution is 2.34. The predicted molar refractivity (Wildman–Crippen MR) is 80.7 cm³/mol. The number of anilines is 1. The van der Waals surface area contributed by atoms with Crippen LogP contribution in [0.2, 0.25) is 0 Å². The van der Waals surface area contributed by atoms with Gasteiger partial charge in [-0.15, -0.1) is 0 Å². The topological polar surface area (TPSA) is 52.6 Å². The molecule has 1 aliphatic heterocycles. The Hall–Kier alpha value is -1.55. The Bertz CT molecular complexity index is 493. The van der Waals surface area contributed by atoms with E-state index in [1.54, 1.807) is 0 Å². The molecule has 0 spiro atoms. The lowest BCUT2D eigenvalue weighted by Gasteiger charge is -2.38. The number of nitrogens with one attached hydrogen (secondary N) is 1. The summed E-state index contributed by atoms with van der Waals surface area (Å²) in [5.41, 5.74) is 1.64. The molecule has 0 radical (unpaired) electrons. The molecular weight excluding hydrogens is 252 g/mol. The van der Waals surface area contributed by atoms with E-state index in [4.69, 9.17) is 0 Å². The summed E-state index contributed by atoms with van der Waals surface area (Å²) in [6, 6.07) is 7.52. The van der Waals surface area contributed by atoms with E-state index in [9.17, 15) is 9.90 Å². The molecule has 2 N–H and O–H groups in total. The molecule has 2 rings (SSSR count). The molecule has 1 aromatic carbocycles. The fourth-order valence-corrected chi connectivity index (χ4v) is 2.59. The first-order valence-corrected chi connectivity index (χ1v) is 7.15. The number of carbonyl (C=O) groups is 1. The van der Waals surface area contributed by atoms with Crippen molar-refractivity contribution in [2.75, 3.05) is 11.4 Å². The van der Waals surface area contributed by atoms with Gasteiger partial charge in [-0.1, -0.05) is 18.2 Å². The molecule has 0 fully saturated rings. The molecule has 1 heterocycles. The van der Waals surface area contributed by atoms with Crippen molar-refractivity contribution in [2.45, 2.75) is 51.8 Å². The molecule has 20 heavy (non-hydrogen) atoms.